The molecule has 4 nitrogen and oxygen atoms in total. The monoisotopic (exact) mass is 300 g/mol. The third kappa shape index (κ3) is 3.53. The molecular formula is C12H11F3N4S. The molecule has 2 rings (SSSR count). The van der Waals surface area contributed by atoms with Crippen LogP contribution in [0.25, 0.3) is 0 Å². The predicted molar refractivity (Wildman–Crippen MR) is 71.9 cm³/mol. The van der Waals surface area contributed by atoms with E-state index in [-0.39, 0.29) is 5.82 Å². The summed E-state index contributed by atoms with van der Waals surface area (Å²) < 4.78 is 37.2. The van der Waals surface area contributed by atoms with Crippen molar-refractivity contribution in [3.8, 4) is 0 Å². The highest BCUT2D eigenvalue weighted by molar-refractivity contribution is 7.98. The van der Waals surface area contributed by atoms with E-state index in [4.69, 9.17) is 11.5 Å². The third-order valence-electron chi connectivity index (χ3n) is 2.48. The minimum Gasteiger partial charge on any atom is -0.394 e. The van der Waals surface area contributed by atoms with Gasteiger partial charge in [0.2, 0.25) is 0 Å². The lowest BCUT2D eigenvalue weighted by Crippen LogP contribution is -2.04. The van der Waals surface area contributed by atoms with Crippen molar-refractivity contribution in [2.24, 2.45) is 0 Å². The Kier molecular flexibility index (Phi) is 4.03. The summed E-state index contributed by atoms with van der Waals surface area (Å²) in [5.41, 5.74) is 11.4. The zero-order chi connectivity index (χ0) is 14.8. The van der Waals surface area contributed by atoms with Gasteiger partial charge in [0.15, 0.2) is 11.0 Å². The molecule has 106 valence electrons. The molecule has 2 aromatic rings. The summed E-state index contributed by atoms with van der Waals surface area (Å²) in [5.74, 6) is 0.636. The van der Waals surface area contributed by atoms with E-state index in [0.717, 1.165) is 17.7 Å². The standard InChI is InChI=1S/C12H11F3N4S/c13-12(14,15)8-3-1-7(2-4-8)6-20-11-18-5-9(16)10(17)19-11/h1-5H,6,16H2,(H2,17,18,19). The smallest absolute Gasteiger partial charge is 0.394 e. The maximum Gasteiger partial charge on any atom is 0.416 e. The van der Waals surface area contributed by atoms with Gasteiger partial charge in [-0.05, 0) is 17.7 Å². The fourth-order valence-corrected chi connectivity index (χ4v) is 2.17. The molecule has 8 heteroatoms. The maximum absolute atomic E-state index is 12.4. The van der Waals surface area contributed by atoms with Crippen molar-refractivity contribution in [1.29, 1.82) is 0 Å². The van der Waals surface area contributed by atoms with Crippen LogP contribution in [-0.2, 0) is 11.9 Å². The van der Waals surface area contributed by atoms with Crippen molar-refractivity contribution < 1.29 is 13.2 Å². The van der Waals surface area contributed by atoms with Crippen LogP contribution in [0.15, 0.2) is 35.6 Å². The second-order valence-corrected chi connectivity index (χ2v) is 4.92. The van der Waals surface area contributed by atoms with Crippen molar-refractivity contribution in [1.82, 2.24) is 9.97 Å². The van der Waals surface area contributed by atoms with Gasteiger partial charge >= 0.3 is 6.18 Å². The number of alkyl halides is 3. The first-order valence-corrected chi connectivity index (χ1v) is 6.52. The SMILES string of the molecule is Nc1cnc(SCc2ccc(C(F)(F)F)cc2)nc1N. The number of anilines is 2. The van der Waals surface area contributed by atoms with Crippen LogP contribution in [0.5, 0.6) is 0 Å². The quantitative estimate of drug-likeness (QED) is 0.673. The summed E-state index contributed by atoms with van der Waals surface area (Å²) in [6.07, 6.45) is -2.92. The highest BCUT2D eigenvalue weighted by Gasteiger charge is 2.29. The van der Waals surface area contributed by atoms with Gasteiger partial charge in [0.1, 0.15) is 0 Å². The molecular weight excluding hydrogens is 289 g/mol. The number of thioether (sulfide) groups is 1. The highest BCUT2D eigenvalue weighted by atomic mass is 32.2. The van der Waals surface area contributed by atoms with Gasteiger partial charge in [0.25, 0.3) is 0 Å². The second-order valence-electron chi connectivity index (χ2n) is 3.98. The van der Waals surface area contributed by atoms with Crippen molar-refractivity contribution in [3.05, 3.63) is 41.6 Å². The molecule has 0 spiro atoms. The van der Waals surface area contributed by atoms with E-state index in [0.29, 0.717) is 16.6 Å². The second kappa shape index (κ2) is 5.58. The summed E-state index contributed by atoms with van der Waals surface area (Å²) in [6.45, 7) is 0. The number of halogens is 3. The van der Waals surface area contributed by atoms with E-state index >= 15 is 0 Å². The largest absolute Gasteiger partial charge is 0.416 e. The molecule has 0 saturated carbocycles. The predicted octanol–water partition coefficient (Wildman–Crippen LogP) is 2.95. The van der Waals surface area contributed by atoms with Crippen LogP contribution in [0, 0.1) is 0 Å². The van der Waals surface area contributed by atoms with Crippen molar-refractivity contribution >= 4 is 23.3 Å². The molecule has 4 N–H and O–H groups in total. The van der Waals surface area contributed by atoms with Gasteiger partial charge in [-0.1, -0.05) is 23.9 Å². The van der Waals surface area contributed by atoms with Crippen LogP contribution in [0.4, 0.5) is 24.7 Å². The van der Waals surface area contributed by atoms with Crippen LogP contribution in [0.3, 0.4) is 0 Å². The average Bonchev–Trinajstić information content (AvgIpc) is 2.40. The molecule has 0 amide bonds. The van der Waals surface area contributed by atoms with E-state index in [1.165, 1.54) is 30.1 Å². The summed E-state index contributed by atoms with van der Waals surface area (Å²) in [6, 6.07) is 4.95. The fraction of sp³-hybridized carbons (Fsp3) is 0.167. The first-order valence-electron chi connectivity index (χ1n) is 5.53. The van der Waals surface area contributed by atoms with Crippen LogP contribution >= 0.6 is 11.8 Å². The van der Waals surface area contributed by atoms with Gasteiger partial charge in [-0.15, -0.1) is 0 Å². The van der Waals surface area contributed by atoms with E-state index < -0.39 is 11.7 Å². The molecule has 0 radical (unpaired) electrons. The van der Waals surface area contributed by atoms with Crippen LogP contribution < -0.4 is 11.5 Å². The number of hydrogen-bond acceptors (Lipinski definition) is 5. The molecule has 0 aliphatic carbocycles. The Morgan fingerprint density at radius 1 is 1.10 bits per heavy atom. The summed E-state index contributed by atoms with van der Waals surface area (Å²) in [4.78, 5) is 7.95. The molecule has 0 fully saturated rings. The summed E-state index contributed by atoms with van der Waals surface area (Å²) in [5, 5.41) is 0.427. The number of nitrogens with zero attached hydrogens (tertiary/aromatic N) is 2. The van der Waals surface area contributed by atoms with Gasteiger partial charge in [0.05, 0.1) is 17.4 Å². The van der Waals surface area contributed by atoms with Gasteiger partial charge in [-0.25, -0.2) is 9.97 Å². The maximum atomic E-state index is 12.4. The van der Waals surface area contributed by atoms with Crippen LogP contribution in [-0.4, -0.2) is 9.97 Å². The number of aromatic nitrogens is 2. The number of benzene rings is 1. The minimum atomic E-state index is -4.32. The molecule has 1 aromatic carbocycles. The number of nitrogens with two attached hydrogens (primary N) is 2. The Bertz CT molecular complexity index is 599. The number of nitrogen functional groups attached to an aromatic ring is 2. The van der Waals surface area contributed by atoms with Gasteiger partial charge < -0.3 is 11.5 Å². The number of hydrogen-bond donors (Lipinski definition) is 2. The zero-order valence-corrected chi connectivity index (χ0v) is 11.0. The Morgan fingerprint density at radius 2 is 1.75 bits per heavy atom. The minimum absolute atomic E-state index is 0.190. The third-order valence-corrected chi connectivity index (χ3v) is 3.41. The highest BCUT2D eigenvalue weighted by Crippen LogP contribution is 2.30. The normalized spacial score (nSPS) is 11.6. The van der Waals surface area contributed by atoms with Crippen molar-refractivity contribution in [3.63, 3.8) is 0 Å². The Hall–Kier alpha value is -1.96. The molecule has 0 atom stereocenters. The van der Waals surface area contributed by atoms with Gasteiger partial charge in [0, 0.05) is 5.75 Å². The Balaban J connectivity index is 2.02. The van der Waals surface area contributed by atoms with Crippen molar-refractivity contribution in [2.45, 2.75) is 17.1 Å². The van der Waals surface area contributed by atoms with Gasteiger partial charge in [-0.3, -0.25) is 0 Å². The van der Waals surface area contributed by atoms with Crippen molar-refractivity contribution in [2.75, 3.05) is 11.5 Å². The van der Waals surface area contributed by atoms with E-state index in [1.54, 1.807) is 0 Å². The topological polar surface area (TPSA) is 77.8 Å². The van der Waals surface area contributed by atoms with Crippen LogP contribution in [0.1, 0.15) is 11.1 Å². The number of rotatable bonds is 3. The lowest BCUT2D eigenvalue weighted by Gasteiger charge is -2.07. The summed E-state index contributed by atoms with van der Waals surface area (Å²) >= 11 is 1.27. The molecule has 1 heterocycles. The molecule has 1 aromatic heterocycles. The Morgan fingerprint density at radius 3 is 2.30 bits per heavy atom. The summed E-state index contributed by atoms with van der Waals surface area (Å²) in [7, 11) is 0. The average molecular weight is 300 g/mol. The van der Waals surface area contributed by atoms with Gasteiger partial charge in [-0.2, -0.15) is 13.2 Å². The lowest BCUT2D eigenvalue weighted by molar-refractivity contribution is -0.137. The molecule has 20 heavy (non-hydrogen) atoms. The fourth-order valence-electron chi connectivity index (χ4n) is 1.39. The molecule has 0 saturated heterocycles. The zero-order valence-electron chi connectivity index (χ0n) is 10.2. The molecule has 0 bridgehead atoms. The van der Waals surface area contributed by atoms with Crippen LogP contribution in [0.2, 0.25) is 0 Å². The molecule has 0 unspecified atom stereocenters. The van der Waals surface area contributed by atoms with E-state index in [2.05, 4.69) is 9.97 Å². The molecule has 0 aliphatic rings. The van der Waals surface area contributed by atoms with E-state index in [1.807, 2.05) is 0 Å². The first-order chi connectivity index (χ1) is 9.36. The van der Waals surface area contributed by atoms with E-state index in [9.17, 15) is 13.2 Å². The lowest BCUT2D eigenvalue weighted by atomic mass is 10.1. The Labute approximate surface area is 117 Å². The molecule has 0 aliphatic heterocycles. The first kappa shape index (κ1) is 14.4.